The number of benzene rings is 2. The van der Waals surface area contributed by atoms with Crippen molar-refractivity contribution >= 4 is 17.4 Å². The maximum absolute atomic E-state index is 15.1. The van der Waals surface area contributed by atoms with Gasteiger partial charge in [-0.3, -0.25) is 4.99 Å². The number of carbonyl (C=O) groups excluding carboxylic acids is 1. The standard InChI is InChI=1S/C41H59N5O/c1-4-41(2,3)39(38-35(29-32-15-8-5-9-16-32)19-14-20-37(43-38)34-17-10-6-11-18-34)46(31-33-21-24-42-30-33)40(47)45-27-22-36(23-28-45)44-25-12-7-13-26-44/h5-6,8-11,15-18,20,33,35-36,39,42H,4,7,12-14,19,21-31H2,1-3H3/t33?,35?,39-/m0/s1. The topological polar surface area (TPSA) is 51.2 Å². The average molecular weight is 638 g/mol. The molecule has 3 atom stereocenters. The highest BCUT2D eigenvalue weighted by atomic mass is 16.2. The highest BCUT2D eigenvalue weighted by Gasteiger charge is 2.44. The molecule has 47 heavy (non-hydrogen) atoms. The summed E-state index contributed by atoms with van der Waals surface area (Å²) in [6.45, 7) is 14.0. The first-order valence-electron chi connectivity index (χ1n) is 18.8. The maximum atomic E-state index is 15.1. The second-order valence-corrected chi connectivity index (χ2v) is 15.3. The van der Waals surface area contributed by atoms with Gasteiger partial charge in [-0.1, -0.05) is 93.9 Å². The second kappa shape index (κ2) is 16.0. The van der Waals surface area contributed by atoms with Crippen LogP contribution in [0.5, 0.6) is 0 Å². The first kappa shape index (κ1) is 33.9. The molecule has 0 bridgehead atoms. The number of hydrogen-bond donors (Lipinski definition) is 1. The molecule has 0 radical (unpaired) electrons. The van der Waals surface area contributed by atoms with Crippen LogP contribution in [-0.4, -0.2) is 84.3 Å². The van der Waals surface area contributed by atoms with Gasteiger partial charge in [-0.05, 0) is 106 Å². The number of amides is 2. The number of nitrogens with zero attached hydrogens (tertiary/aromatic N) is 4. The van der Waals surface area contributed by atoms with Crippen LogP contribution in [0.3, 0.4) is 0 Å². The van der Waals surface area contributed by atoms with E-state index in [1.807, 2.05) is 0 Å². The van der Waals surface area contributed by atoms with Gasteiger partial charge in [-0.25, -0.2) is 4.79 Å². The summed E-state index contributed by atoms with van der Waals surface area (Å²) < 4.78 is 0. The zero-order chi connectivity index (χ0) is 32.6. The van der Waals surface area contributed by atoms with Crippen LogP contribution in [0.4, 0.5) is 4.79 Å². The van der Waals surface area contributed by atoms with E-state index >= 15 is 4.79 Å². The van der Waals surface area contributed by atoms with E-state index in [0.29, 0.717) is 12.0 Å². The largest absolute Gasteiger partial charge is 0.325 e. The molecular formula is C41H59N5O. The minimum absolute atomic E-state index is 0.0839. The molecule has 0 spiro atoms. The Labute approximate surface area is 284 Å². The molecule has 2 aromatic carbocycles. The van der Waals surface area contributed by atoms with E-state index in [9.17, 15) is 0 Å². The van der Waals surface area contributed by atoms with Crippen molar-refractivity contribution in [2.45, 2.75) is 97.1 Å². The fraction of sp³-hybridized carbons (Fsp3) is 0.610. The van der Waals surface area contributed by atoms with Gasteiger partial charge < -0.3 is 20.0 Å². The van der Waals surface area contributed by atoms with Crippen LogP contribution in [0.1, 0.15) is 89.7 Å². The van der Waals surface area contributed by atoms with Gasteiger partial charge in [0.25, 0.3) is 0 Å². The lowest BCUT2D eigenvalue weighted by Crippen LogP contribution is -2.60. The summed E-state index contributed by atoms with van der Waals surface area (Å²) in [4.78, 5) is 28.0. The summed E-state index contributed by atoms with van der Waals surface area (Å²) >= 11 is 0. The Bertz CT molecular complexity index is 1330. The van der Waals surface area contributed by atoms with Crippen molar-refractivity contribution in [1.29, 1.82) is 0 Å². The molecule has 2 aromatic rings. The number of rotatable bonds is 10. The number of carbonyl (C=O) groups is 1. The third kappa shape index (κ3) is 8.37. The van der Waals surface area contributed by atoms with Crippen molar-refractivity contribution in [2.24, 2.45) is 22.2 Å². The van der Waals surface area contributed by atoms with E-state index in [4.69, 9.17) is 4.99 Å². The zero-order valence-electron chi connectivity index (χ0n) is 29.4. The van der Waals surface area contributed by atoms with Gasteiger partial charge in [0.1, 0.15) is 0 Å². The molecule has 3 saturated heterocycles. The molecule has 0 aromatic heterocycles. The number of piperidine rings is 2. The Morgan fingerprint density at radius 3 is 2.30 bits per heavy atom. The normalized spacial score (nSPS) is 23.9. The van der Waals surface area contributed by atoms with Crippen molar-refractivity contribution in [3.05, 3.63) is 77.9 Å². The van der Waals surface area contributed by atoms with E-state index in [-0.39, 0.29) is 23.4 Å². The number of hydrogen-bond acceptors (Lipinski definition) is 4. The monoisotopic (exact) mass is 637 g/mol. The van der Waals surface area contributed by atoms with Gasteiger partial charge in [0.15, 0.2) is 0 Å². The zero-order valence-corrected chi connectivity index (χ0v) is 29.4. The lowest BCUT2D eigenvalue weighted by Gasteiger charge is -2.48. The van der Waals surface area contributed by atoms with Crippen LogP contribution in [0.25, 0.3) is 5.70 Å². The molecule has 3 fully saturated rings. The molecule has 2 amide bonds. The summed E-state index contributed by atoms with van der Waals surface area (Å²) in [5, 5.41) is 3.59. The predicted octanol–water partition coefficient (Wildman–Crippen LogP) is 7.91. The van der Waals surface area contributed by atoms with Crippen LogP contribution in [0.15, 0.2) is 71.7 Å². The fourth-order valence-electron chi connectivity index (χ4n) is 8.53. The van der Waals surface area contributed by atoms with Crippen LogP contribution in [0.2, 0.25) is 0 Å². The molecule has 4 heterocycles. The summed E-state index contributed by atoms with van der Waals surface area (Å²) in [6, 6.07) is 22.4. The molecule has 6 heteroatoms. The number of likely N-dealkylation sites (tertiary alicyclic amines) is 2. The Hall–Kier alpha value is -2.96. The summed E-state index contributed by atoms with van der Waals surface area (Å²) in [7, 11) is 0. The van der Waals surface area contributed by atoms with Crippen molar-refractivity contribution in [3.8, 4) is 0 Å². The van der Waals surface area contributed by atoms with Gasteiger partial charge in [-0.15, -0.1) is 0 Å². The molecule has 254 valence electrons. The van der Waals surface area contributed by atoms with Crippen molar-refractivity contribution in [3.63, 3.8) is 0 Å². The summed E-state index contributed by atoms with van der Waals surface area (Å²) in [5.41, 5.74) is 4.63. The molecule has 6 rings (SSSR count). The average Bonchev–Trinajstić information content (AvgIpc) is 3.56. The molecule has 6 nitrogen and oxygen atoms in total. The van der Waals surface area contributed by atoms with Gasteiger partial charge in [-0.2, -0.15) is 0 Å². The van der Waals surface area contributed by atoms with Crippen molar-refractivity contribution in [1.82, 2.24) is 20.0 Å². The number of allylic oxidation sites excluding steroid dienone is 1. The third-order valence-corrected chi connectivity index (χ3v) is 11.7. The maximum Gasteiger partial charge on any atom is 0.320 e. The minimum atomic E-state index is -0.145. The van der Waals surface area contributed by atoms with Gasteiger partial charge in [0.05, 0.1) is 11.7 Å². The van der Waals surface area contributed by atoms with Crippen LogP contribution in [0, 0.1) is 17.3 Å². The van der Waals surface area contributed by atoms with Gasteiger partial charge >= 0.3 is 6.03 Å². The fourth-order valence-corrected chi connectivity index (χ4v) is 8.53. The molecular weight excluding hydrogens is 578 g/mol. The molecule has 2 unspecified atom stereocenters. The van der Waals surface area contributed by atoms with E-state index < -0.39 is 0 Å². The number of aliphatic imine (C=N–C) groups is 1. The van der Waals surface area contributed by atoms with Crippen molar-refractivity contribution in [2.75, 3.05) is 45.8 Å². The van der Waals surface area contributed by atoms with Crippen molar-refractivity contribution < 1.29 is 4.79 Å². The number of urea groups is 1. The Morgan fingerprint density at radius 2 is 1.64 bits per heavy atom. The lowest BCUT2D eigenvalue weighted by molar-refractivity contribution is 0.0697. The second-order valence-electron chi connectivity index (χ2n) is 15.3. The first-order valence-corrected chi connectivity index (χ1v) is 18.8. The third-order valence-electron chi connectivity index (χ3n) is 11.7. The first-order chi connectivity index (χ1) is 22.9. The van der Waals surface area contributed by atoms with E-state index in [0.717, 1.165) is 88.9 Å². The molecule has 0 saturated carbocycles. The Morgan fingerprint density at radius 1 is 0.936 bits per heavy atom. The quantitative estimate of drug-likeness (QED) is 0.288. The number of nitrogens with one attached hydrogen (secondary N) is 1. The Kier molecular flexibility index (Phi) is 11.5. The summed E-state index contributed by atoms with van der Waals surface area (Å²) in [6.07, 6.45) is 13.6. The molecule has 1 N–H and O–H groups in total. The molecule has 4 aliphatic rings. The highest BCUT2D eigenvalue weighted by molar-refractivity contribution is 5.99. The lowest BCUT2D eigenvalue weighted by atomic mass is 9.73. The van der Waals surface area contributed by atoms with Gasteiger partial charge in [0, 0.05) is 37.3 Å². The SMILES string of the molecule is CCC(C)(C)[C@H](C1=NC(c2ccccc2)=CCCC1Cc1ccccc1)N(CC1CCNC1)C(=O)N1CCC(N2CCCCC2)CC1. The van der Waals surface area contributed by atoms with Crippen LogP contribution < -0.4 is 5.32 Å². The molecule has 4 aliphatic heterocycles. The minimum Gasteiger partial charge on any atom is -0.325 e. The van der Waals surface area contributed by atoms with E-state index in [1.54, 1.807) is 0 Å². The highest BCUT2D eigenvalue weighted by Crippen LogP contribution is 2.38. The van der Waals surface area contributed by atoms with Crippen LogP contribution >= 0.6 is 0 Å². The smallest absolute Gasteiger partial charge is 0.320 e. The van der Waals surface area contributed by atoms with E-state index in [2.05, 4.69) is 108 Å². The Balaban J connectivity index is 1.37. The molecule has 0 aliphatic carbocycles. The van der Waals surface area contributed by atoms with Gasteiger partial charge in [0.2, 0.25) is 0 Å². The predicted molar refractivity (Wildman–Crippen MR) is 196 cm³/mol. The summed E-state index contributed by atoms with van der Waals surface area (Å²) in [5.74, 6) is 0.718. The van der Waals surface area contributed by atoms with E-state index in [1.165, 1.54) is 43.6 Å². The van der Waals surface area contributed by atoms with Crippen LogP contribution in [-0.2, 0) is 6.42 Å².